The SMILES string of the molecule is CC(C=CCC(C)CCC(C)=C(C)C)=CCBr. The fraction of sp³-hybridized carbons (Fsp3) is 0.625. The van der Waals surface area contributed by atoms with Gasteiger partial charge in [0, 0.05) is 5.33 Å². The minimum absolute atomic E-state index is 0.775. The summed E-state index contributed by atoms with van der Waals surface area (Å²) < 4.78 is 0. The van der Waals surface area contributed by atoms with Crippen molar-refractivity contribution in [2.24, 2.45) is 5.92 Å². The van der Waals surface area contributed by atoms with E-state index in [1.165, 1.54) is 30.4 Å². The molecule has 0 aromatic heterocycles. The van der Waals surface area contributed by atoms with Crippen molar-refractivity contribution < 1.29 is 0 Å². The van der Waals surface area contributed by atoms with Gasteiger partial charge in [0.1, 0.15) is 0 Å². The van der Waals surface area contributed by atoms with Crippen LogP contribution < -0.4 is 0 Å². The lowest BCUT2D eigenvalue weighted by molar-refractivity contribution is 0.538. The van der Waals surface area contributed by atoms with Gasteiger partial charge in [-0.15, -0.1) is 0 Å². The number of allylic oxidation sites excluding steroid dienone is 6. The van der Waals surface area contributed by atoms with Crippen molar-refractivity contribution >= 4 is 15.9 Å². The zero-order chi connectivity index (χ0) is 13.3. The molecule has 17 heavy (non-hydrogen) atoms. The molecule has 0 amide bonds. The van der Waals surface area contributed by atoms with Gasteiger partial charge < -0.3 is 0 Å². The van der Waals surface area contributed by atoms with Crippen LogP contribution in [0.25, 0.3) is 0 Å². The van der Waals surface area contributed by atoms with E-state index in [1.807, 2.05) is 0 Å². The van der Waals surface area contributed by atoms with Crippen molar-refractivity contribution in [2.75, 3.05) is 5.33 Å². The van der Waals surface area contributed by atoms with E-state index in [1.54, 1.807) is 5.57 Å². The van der Waals surface area contributed by atoms with Crippen LogP contribution in [0, 0.1) is 5.92 Å². The Morgan fingerprint density at radius 3 is 2.35 bits per heavy atom. The van der Waals surface area contributed by atoms with Crippen LogP contribution in [0.15, 0.2) is 34.9 Å². The first-order valence-electron chi connectivity index (χ1n) is 6.49. The average molecular weight is 299 g/mol. The Bertz CT molecular complexity index is 291. The maximum absolute atomic E-state index is 3.41. The summed E-state index contributed by atoms with van der Waals surface area (Å²) in [4.78, 5) is 0. The van der Waals surface area contributed by atoms with Crippen molar-refractivity contribution in [3.05, 3.63) is 34.9 Å². The molecule has 1 unspecified atom stereocenters. The van der Waals surface area contributed by atoms with Crippen LogP contribution in [0.4, 0.5) is 0 Å². The summed E-state index contributed by atoms with van der Waals surface area (Å²) in [5.74, 6) is 0.775. The monoisotopic (exact) mass is 298 g/mol. The number of alkyl halides is 1. The van der Waals surface area contributed by atoms with Crippen molar-refractivity contribution in [3.8, 4) is 0 Å². The maximum Gasteiger partial charge on any atom is 0.0217 e. The lowest BCUT2D eigenvalue weighted by Gasteiger charge is -2.09. The number of halogens is 1. The third-order valence-electron chi connectivity index (χ3n) is 3.18. The van der Waals surface area contributed by atoms with Gasteiger partial charge in [-0.3, -0.25) is 0 Å². The van der Waals surface area contributed by atoms with Crippen molar-refractivity contribution in [2.45, 2.75) is 53.9 Å². The molecule has 0 rings (SSSR count). The van der Waals surface area contributed by atoms with E-state index in [0.717, 1.165) is 11.2 Å². The van der Waals surface area contributed by atoms with Gasteiger partial charge in [-0.25, -0.2) is 0 Å². The van der Waals surface area contributed by atoms with Crippen LogP contribution in [0.5, 0.6) is 0 Å². The molecule has 98 valence electrons. The van der Waals surface area contributed by atoms with Crippen molar-refractivity contribution in [1.82, 2.24) is 0 Å². The smallest absolute Gasteiger partial charge is 0.0217 e. The summed E-state index contributed by atoms with van der Waals surface area (Å²) in [6, 6.07) is 0. The highest BCUT2D eigenvalue weighted by molar-refractivity contribution is 9.09. The lowest BCUT2D eigenvalue weighted by atomic mass is 9.97. The molecule has 0 nitrogen and oxygen atoms in total. The molecule has 0 radical (unpaired) electrons. The molecular weight excluding hydrogens is 272 g/mol. The van der Waals surface area contributed by atoms with Crippen molar-refractivity contribution in [1.29, 1.82) is 0 Å². The van der Waals surface area contributed by atoms with Crippen LogP contribution in [0.3, 0.4) is 0 Å². The van der Waals surface area contributed by atoms with Crippen LogP contribution in [0.1, 0.15) is 53.9 Å². The van der Waals surface area contributed by atoms with Crippen LogP contribution in [0.2, 0.25) is 0 Å². The van der Waals surface area contributed by atoms with Crippen LogP contribution >= 0.6 is 15.9 Å². The summed E-state index contributed by atoms with van der Waals surface area (Å²) in [5, 5.41) is 0.943. The molecule has 0 bridgehead atoms. The number of hydrogen-bond donors (Lipinski definition) is 0. The van der Waals surface area contributed by atoms with Gasteiger partial charge >= 0.3 is 0 Å². The van der Waals surface area contributed by atoms with E-state index in [2.05, 4.69) is 68.8 Å². The second-order valence-corrected chi connectivity index (χ2v) is 5.81. The summed E-state index contributed by atoms with van der Waals surface area (Å²) in [7, 11) is 0. The molecule has 0 saturated carbocycles. The Labute approximate surface area is 116 Å². The van der Waals surface area contributed by atoms with E-state index >= 15 is 0 Å². The zero-order valence-electron chi connectivity index (χ0n) is 12.0. The Balaban J connectivity index is 3.92. The lowest BCUT2D eigenvalue weighted by Crippen LogP contribution is -1.94. The number of hydrogen-bond acceptors (Lipinski definition) is 0. The van der Waals surface area contributed by atoms with Gasteiger partial charge in [-0.1, -0.05) is 57.8 Å². The minimum atomic E-state index is 0.775. The highest BCUT2D eigenvalue weighted by Crippen LogP contribution is 2.17. The first-order chi connectivity index (χ1) is 7.97. The molecule has 0 aliphatic rings. The molecule has 0 aliphatic heterocycles. The second-order valence-electron chi connectivity index (χ2n) is 5.16. The predicted molar refractivity (Wildman–Crippen MR) is 83.8 cm³/mol. The molecule has 0 aliphatic carbocycles. The highest BCUT2D eigenvalue weighted by Gasteiger charge is 2.01. The molecular formula is C16H27Br. The van der Waals surface area contributed by atoms with Crippen LogP contribution in [-0.4, -0.2) is 5.33 Å². The maximum atomic E-state index is 3.41. The fourth-order valence-corrected chi connectivity index (χ4v) is 2.02. The molecule has 1 heteroatoms. The summed E-state index contributed by atoms with van der Waals surface area (Å²) in [5.41, 5.74) is 4.37. The number of rotatable bonds is 7. The quantitative estimate of drug-likeness (QED) is 0.305. The second kappa shape index (κ2) is 9.70. The first-order valence-corrected chi connectivity index (χ1v) is 7.61. The van der Waals surface area contributed by atoms with Gasteiger partial charge in [0.05, 0.1) is 0 Å². The highest BCUT2D eigenvalue weighted by atomic mass is 79.9. The van der Waals surface area contributed by atoms with Gasteiger partial charge in [0.2, 0.25) is 0 Å². The third kappa shape index (κ3) is 9.41. The predicted octanol–water partition coefficient (Wildman–Crippen LogP) is 6.05. The van der Waals surface area contributed by atoms with E-state index in [0.29, 0.717) is 0 Å². The Morgan fingerprint density at radius 2 is 1.82 bits per heavy atom. The largest absolute Gasteiger partial charge is 0.0883 e. The molecule has 0 saturated heterocycles. The Morgan fingerprint density at radius 1 is 1.18 bits per heavy atom. The van der Waals surface area contributed by atoms with E-state index in [9.17, 15) is 0 Å². The standard InChI is InChI=1S/C16H27Br/c1-13(2)16(5)10-9-14(3)7-6-8-15(4)11-12-17/h6,8,11,14H,7,9-10,12H2,1-5H3. The van der Waals surface area contributed by atoms with E-state index in [-0.39, 0.29) is 0 Å². The van der Waals surface area contributed by atoms with E-state index in [4.69, 9.17) is 0 Å². The molecule has 0 fully saturated rings. The van der Waals surface area contributed by atoms with Crippen LogP contribution in [-0.2, 0) is 0 Å². The molecule has 1 atom stereocenters. The zero-order valence-corrected chi connectivity index (χ0v) is 13.6. The van der Waals surface area contributed by atoms with Gasteiger partial charge in [-0.2, -0.15) is 0 Å². The Hall–Kier alpha value is -0.300. The average Bonchev–Trinajstić information content (AvgIpc) is 2.26. The van der Waals surface area contributed by atoms with Crippen molar-refractivity contribution in [3.63, 3.8) is 0 Å². The van der Waals surface area contributed by atoms with Gasteiger partial charge in [-0.05, 0) is 52.9 Å². The van der Waals surface area contributed by atoms with Gasteiger partial charge in [0.15, 0.2) is 0 Å². The summed E-state index contributed by atoms with van der Waals surface area (Å²) in [6.07, 6.45) is 10.4. The molecule has 0 spiro atoms. The molecule has 0 N–H and O–H groups in total. The fourth-order valence-electron chi connectivity index (χ4n) is 1.51. The van der Waals surface area contributed by atoms with E-state index < -0.39 is 0 Å². The molecule has 0 heterocycles. The minimum Gasteiger partial charge on any atom is -0.0883 e. The summed E-state index contributed by atoms with van der Waals surface area (Å²) >= 11 is 3.41. The topological polar surface area (TPSA) is 0 Å². The Kier molecular flexibility index (Phi) is 9.53. The normalized spacial score (nSPS) is 14.1. The third-order valence-corrected chi connectivity index (χ3v) is 3.51. The first kappa shape index (κ1) is 16.7. The van der Waals surface area contributed by atoms with Gasteiger partial charge in [0.25, 0.3) is 0 Å². The molecule has 0 aromatic carbocycles. The summed E-state index contributed by atoms with van der Waals surface area (Å²) in [6.45, 7) is 11.1. The molecule has 0 aromatic rings.